The second-order valence-electron chi connectivity index (χ2n) is 17.5. The number of aromatic nitrogens is 4. The third kappa shape index (κ3) is 13.9. The monoisotopic (exact) mass is 996 g/mol. The van der Waals surface area contributed by atoms with E-state index < -0.39 is 29.7 Å². The second kappa shape index (κ2) is 22.7. The molecule has 0 atom stereocenters. The number of piperidine rings is 2. The van der Waals surface area contributed by atoms with Gasteiger partial charge in [-0.3, -0.25) is 9.59 Å². The summed E-state index contributed by atoms with van der Waals surface area (Å²) >= 11 is 0. The molecule has 4 heterocycles. The number of anilines is 2. The number of benzene rings is 4. The van der Waals surface area contributed by atoms with Crippen molar-refractivity contribution in [1.82, 2.24) is 30.6 Å². The summed E-state index contributed by atoms with van der Waals surface area (Å²) in [7, 11) is 0. The zero-order valence-electron chi connectivity index (χ0n) is 38.4. The van der Waals surface area contributed by atoms with Crippen molar-refractivity contribution in [2.24, 2.45) is 11.8 Å². The van der Waals surface area contributed by atoms with Crippen LogP contribution in [0.2, 0.25) is 0 Å². The van der Waals surface area contributed by atoms with E-state index in [1.807, 2.05) is 81.4 Å². The quantitative estimate of drug-likeness (QED) is 0.130. The maximum Gasteiger partial charge on any atom is 0.470 e. The Hall–Kier alpha value is -6.80. The topological polar surface area (TPSA) is 160 Å². The van der Waals surface area contributed by atoms with E-state index in [4.69, 9.17) is 13.6 Å². The molecule has 6 aromatic rings. The lowest BCUT2D eigenvalue weighted by atomic mass is 9.95. The second-order valence-corrected chi connectivity index (χ2v) is 17.5. The molecule has 2 aliphatic rings. The first-order valence-corrected chi connectivity index (χ1v) is 22.2. The van der Waals surface area contributed by atoms with Crippen LogP contribution >= 0.6 is 12.4 Å². The fourth-order valence-electron chi connectivity index (χ4n) is 7.73. The Labute approximate surface area is 405 Å². The third-order valence-corrected chi connectivity index (χ3v) is 11.3. The fourth-order valence-corrected chi connectivity index (χ4v) is 7.73. The van der Waals surface area contributed by atoms with Gasteiger partial charge < -0.3 is 33.6 Å². The first kappa shape index (κ1) is 52.6. The molecule has 0 spiro atoms. The maximum absolute atomic E-state index is 13.6. The third-order valence-electron chi connectivity index (χ3n) is 11.3. The SMILES string of the molecule is CC(C)(C)OC(=O)N1CCC(C(=O)N(Cc2ccc(-c3nnc(C(F)(F)F)o3)cc2)c2ccccc2)CC1.Cl.O=C(C1CCNCC1)N(Cc1ccc(-c2nnc(C(F)(F)F)o2)cc1)c1ccccc1. The van der Waals surface area contributed by atoms with E-state index in [-0.39, 0.29) is 60.5 Å². The molecule has 0 unspecified atom stereocenters. The van der Waals surface area contributed by atoms with Gasteiger partial charge in [-0.25, -0.2) is 4.79 Å². The van der Waals surface area contributed by atoms with E-state index in [0.717, 1.165) is 48.4 Å². The first-order valence-electron chi connectivity index (χ1n) is 22.2. The highest BCUT2D eigenvalue weighted by Gasteiger charge is 2.39. The van der Waals surface area contributed by atoms with Gasteiger partial charge in [0.1, 0.15) is 5.60 Å². The smallest absolute Gasteiger partial charge is 0.444 e. The van der Waals surface area contributed by atoms with Crippen molar-refractivity contribution in [2.75, 3.05) is 36.0 Å². The van der Waals surface area contributed by atoms with Crippen molar-refractivity contribution in [1.29, 1.82) is 0 Å². The van der Waals surface area contributed by atoms with Crippen LogP contribution < -0.4 is 15.1 Å². The van der Waals surface area contributed by atoms with Crippen molar-refractivity contribution in [3.63, 3.8) is 0 Å². The van der Waals surface area contributed by atoms with E-state index in [2.05, 4.69) is 25.7 Å². The average Bonchev–Trinajstić information content (AvgIpc) is 4.06. The molecular formula is C49H51ClF6N8O6. The molecule has 4 aromatic carbocycles. The number of alkyl halides is 6. The highest BCUT2D eigenvalue weighted by atomic mass is 35.5. The average molecular weight is 997 g/mol. The van der Waals surface area contributed by atoms with Gasteiger partial charge in [0, 0.05) is 47.4 Å². The Kier molecular flexibility index (Phi) is 17.1. The fraction of sp³-hybridized carbons (Fsp3) is 0.367. The lowest BCUT2D eigenvalue weighted by Crippen LogP contribution is -2.45. The van der Waals surface area contributed by atoms with Gasteiger partial charge in [0.2, 0.25) is 23.6 Å². The highest BCUT2D eigenvalue weighted by molar-refractivity contribution is 5.96. The summed E-state index contributed by atoms with van der Waals surface area (Å²) in [4.78, 5) is 44.4. The van der Waals surface area contributed by atoms with Crippen molar-refractivity contribution in [2.45, 2.75) is 77.5 Å². The Balaban J connectivity index is 0.000000231. The van der Waals surface area contributed by atoms with Gasteiger partial charge in [-0.1, -0.05) is 60.7 Å². The number of ether oxygens (including phenoxy) is 1. The molecule has 2 saturated heterocycles. The van der Waals surface area contributed by atoms with Gasteiger partial charge in [0.25, 0.3) is 0 Å². The molecule has 372 valence electrons. The van der Waals surface area contributed by atoms with Crippen molar-refractivity contribution >= 4 is 41.7 Å². The molecule has 2 fully saturated rings. The predicted octanol–water partition coefficient (Wildman–Crippen LogP) is 10.6. The zero-order valence-corrected chi connectivity index (χ0v) is 39.2. The maximum atomic E-state index is 13.6. The largest absolute Gasteiger partial charge is 0.470 e. The van der Waals surface area contributed by atoms with Gasteiger partial charge in [0.05, 0.1) is 13.1 Å². The number of likely N-dealkylation sites (tertiary alicyclic amines) is 1. The van der Waals surface area contributed by atoms with E-state index in [9.17, 15) is 40.7 Å². The number of halogens is 7. The van der Waals surface area contributed by atoms with E-state index in [0.29, 0.717) is 43.6 Å². The van der Waals surface area contributed by atoms with Crippen LogP contribution in [0.25, 0.3) is 22.9 Å². The number of hydrogen-bond donors (Lipinski definition) is 1. The minimum absolute atomic E-state index is 0. The summed E-state index contributed by atoms with van der Waals surface area (Å²) in [5.41, 5.74) is 3.27. The van der Waals surface area contributed by atoms with Crippen LogP contribution in [0.15, 0.2) is 118 Å². The van der Waals surface area contributed by atoms with Crippen LogP contribution in [0.4, 0.5) is 42.5 Å². The summed E-state index contributed by atoms with van der Waals surface area (Å²) in [6.07, 6.45) is -7.18. The Morgan fingerprint density at radius 1 is 0.600 bits per heavy atom. The van der Waals surface area contributed by atoms with Crippen LogP contribution in [0.1, 0.15) is 69.4 Å². The molecule has 1 N–H and O–H groups in total. The molecule has 2 aromatic heterocycles. The van der Waals surface area contributed by atoms with Crippen LogP contribution in [0.3, 0.4) is 0 Å². The Morgan fingerprint density at radius 2 is 0.986 bits per heavy atom. The molecular weight excluding hydrogens is 946 g/mol. The van der Waals surface area contributed by atoms with Crippen LogP contribution in [-0.4, -0.2) is 75.0 Å². The van der Waals surface area contributed by atoms with Gasteiger partial charge in [-0.05, 0) is 119 Å². The zero-order chi connectivity index (χ0) is 49.3. The highest BCUT2D eigenvalue weighted by Crippen LogP contribution is 2.33. The number of carbonyl (C=O) groups is 3. The number of amides is 3. The van der Waals surface area contributed by atoms with Crippen LogP contribution in [-0.2, 0) is 39.8 Å². The molecule has 2 aliphatic heterocycles. The predicted molar refractivity (Wildman–Crippen MR) is 248 cm³/mol. The van der Waals surface area contributed by atoms with E-state index >= 15 is 0 Å². The normalized spacial score (nSPS) is 14.7. The lowest BCUT2D eigenvalue weighted by Gasteiger charge is -2.35. The molecule has 8 rings (SSSR count). The molecule has 70 heavy (non-hydrogen) atoms. The van der Waals surface area contributed by atoms with Crippen molar-refractivity contribution in [3.05, 3.63) is 132 Å². The molecule has 21 heteroatoms. The number of nitrogens with zero attached hydrogens (tertiary/aromatic N) is 7. The molecule has 3 amide bonds. The van der Waals surface area contributed by atoms with Crippen molar-refractivity contribution in [3.8, 4) is 22.9 Å². The molecule has 0 aliphatic carbocycles. The first-order chi connectivity index (χ1) is 32.8. The summed E-state index contributed by atoms with van der Waals surface area (Å²) in [5, 5.41) is 16.3. The Morgan fingerprint density at radius 3 is 1.34 bits per heavy atom. The van der Waals surface area contributed by atoms with E-state index in [1.54, 1.807) is 63.2 Å². The summed E-state index contributed by atoms with van der Waals surface area (Å²) in [6.45, 7) is 8.53. The summed E-state index contributed by atoms with van der Waals surface area (Å²) in [6, 6.07) is 32.0. The lowest BCUT2D eigenvalue weighted by molar-refractivity contribution is -0.157. The van der Waals surface area contributed by atoms with Crippen LogP contribution in [0, 0.1) is 11.8 Å². The minimum Gasteiger partial charge on any atom is -0.444 e. The van der Waals surface area contributed by atoms with Crippen molar-refractivity contribution < 1.29 is 54.3 Å². The Bertz CT molecular complexity index is 2630. The minimum atomic E-state index is -4.72. The standard InChI is InChI=1S/C27H29F3N4O4.C22H21F3N4O2.ClH/c1-26(2,3)38-25(36)33-15-13-20(14-16-33)23(35)34(21-7-5-4-6-8-21)17-18-9-11-19(12-10-18)22-31-32-24(37-22)27(28,29)30;23-22(24,25)21-28-27-19(31-21)16-8-6-15(7-9-16)14-29(18-4-2-1-3-5-18)20(30)17-10-12-26-13-11-17;/h4-12,20H,13-17H2,1-3H3;1-9,17,26H,10-14H2;1H. The molecule has 0 bridgehead atoms. The van der Waals surface area contributed by atoms with E-state index in [1.165, 1.54) is 0 Å². The molecule has 0 radical (unpaired) electrons. The number of carbonyl (C=O) groups excluding carboxylic acids is 3. The summed E-state index contributed by atoms with van der Waals surface area (Å²) in [5.74, 6) is -3.53. The van der Waals surface area contributed by atoms with Gasteiger partial charge in [-0.2, -0.15) is 26.3 Å². The molecule has 0 saturated carbocycles. The summed E-state index contributed by atoms with van der Waals surface area (Å²) < 4.78 is 91.3. The van der Waals surface area contributed by atoms with Gasteiger partial charge in [0.15, 0.2) is 0 Å². The number of rotatable bonds is 10. The molecule has 14 nitrogen and oxygen atoms in total. The van der Waals surface area contributed by atoms with Gasteiger partial charge in [-0.15, -0.1) is 32.8 Å². The van der Waals surface area contributed by atoms with Crippen LogP contribution in [0.5, 0.6) is 0 Å². The van der Waals surface area contributed by atoms with Gasteiger partial charge >= 0.3 is 30.2 Å². The number of nitrogens with one attached hydrogen (secondary N) is 1. The number of para-hydroxylation sites is 2. The number of hydrogen-bond acceptors (Lipinski definition) is 11.